The highest BCUT2D eigenvalue weighted by Gasteiger charge is 2.53. The van der Waals surface area contributed by atoms with Crippen molar-refractivity contribution in [3.05, 3.63) is 35.5 Å². The molecule has 2 saturated heterocycles. The van der Waals surface area contributed by atoms with Crippen molar-refractivity contribution in [2.24, 2.45) is 5.41 Å². The Morgan fingerprint density at radius 2 is 1.86 bits per heavy atom. The predicted octanol–water partition coefficient (Wildman–Crippen LogP) is 5.16. The van der Waals surface area contributed by atoms with Crippen LogP contribution in [-0.4, -0.2) is 47.1 Å². The first-order valence-corrected chi connectivity index (χ1v) is 11.9. The molecule has 3 heteroatoms. The number of hydrogen-bond donors (Lipinski definition) is 0. The van der Waals surface area contributed by atoms with Crippen LogP contribution in [0.5, 0.6) is 0 Å². The summed E-state index contributed by atoms with van der Waals surface area (Å²) in [4.78, 5) is 5.64. The molecule has 4 aliphatic heterocycles. The van der Waals surface area contributed by atoms with E-state index in [1.54, 1.807) is 16.6 Å². The number of likely N-dealkylation sites (tertiary alicyclic amines) is 1. The molecule has 0 saturated carbocycles. The third kappa shape index (κ3) is 2.42. The standard InChI is InChI=1S/C25H35N3/c1-2-25-12-8-15-27-16-11-21-20-9-4-5-10-22(20)28(23(21)24(25)27)19(17-25)18-26-13-6-3-7-14-26/h4-5,9-10,19,24H,2-3,6-8,11-18H2,1H3/t19?,24-,25+/m1/s1. The first-order valence-electron chi connectivity index (χ1n) is 11.9. The summed E-state index contributed by atoms with van der Waals surface area (Å²) in [5, 5.41) is 1.55. The van der Waals surface area contributed by atoms with Crippen LogP contribution in [0.25, 0.3) is 10.9 Å². The van der Waals surface area contributed by atoms with Crippen LogP contribution in [0.15, 0.2) is 24.3 Å². The Hall–Kier alpha value is -1.32. The lowest BCUT2D eigenvalue weighted by Crippen LogP contribution is -2.54. The van der Waals surface area contributed by atoms with Crippen molar-refractivity contribution in [2.75, 3.05) is 32.7 Å². The molecule has 2 aromatic rings. The fourth-order valence-corrected chi connectivity index (χ4v) is 7.43. The van der Waals surface area contributed by atoms with Gasteiger partial charge >= 0.3 is 0 Å². The van der Waals surface area contributed by atoms with Crippen molar-refractivity contribution >= 4 is 10.9 Å². The fraction of sp³-hybridized carbons (Fsp3) is 0.680. The summed E-state index contributed by atoms with van der Waals surface area (Å²) in [5.41, 5.74) is 5.44. The van der Waals surface area contributed by atoms with Crippen molar-refractivity contribution in [1.29, 1.82) is 0 Å². The van der Waals surface area contributed by atoms with Crippen molar-refractivity contribution < 1.29 is 0 Å². The molecule has 3 atom stereocenters. The summed E-state index contributed by atoms with van der Waals surface area (Å²) >= 11 is 0. The lowest BCUT2D eigenvalue weighted by atomic mass is 9.63. The average Bonchev–Trinajstić information content (AvgIpc) is 3.09. The zero-order valence-corrected chi connectivity index (χ0v) is 17.5. The van der Waals surface area contributed by atoms with Gasteiger partial charge in [-0.15, -0.1) is 0 Å². The first-order chi connectivity index (χ1) is 13.8. The Kier molecular flexibility index (Phi) is 4.13. The molecular formula is C25H35N3. The second kappa shape index (κ2) is 6.60. The monoisotopic (exact) mass is 377 g/mol. The van der Waals surface area contributed by atoms with E-state index in [1.807, 2.05) is 0 Å². The zero-order chi connectivity index (χ0) is 18.7. The third-order valence-electron chi connectivity index (χ3n) is 8.66. The van der Waals surface area contributed by atoms with Crippen LogP contribution in [0.4, 0.5) is 0 Å². The Morgan fingerprint density at radius 3 is 2.71 bits per heavy atom. The van der Waals surface area contributed by atoms with E-state index in [2.05, 4.69) is 45.6 Å². The van der Waals surface area contributed by atoms with E-state index in [1.165, 1.54) is 89.6 Å². The fourth-order valence-electron chi connectivity index (χ4n) is 7.43. The first kappa shape index (κ1) is 17.5. The van der Waals surface area contributed by atoms with Gasteiger partial charge in [-0.3, -0.25) is 4.90 Å². The normalized spacial score (nSPS) is 33.2. The summed E-state index contributed by atoms with van der Waals surface area (Å²) in [6.07, 6.45) is 11.0. The molecule has 28 heavy (non-hydrogen) atoms. The Morgan fingerprint density at radius 1 is 1.00 bits per heavy atom. The Balaban J connectivity index is 1.53. The number of rotatable bonds is 3. The van der Waals surface area contributed by atoms with Gasteiger partial charge in [0.05, 0.1) is 6.04 Å². The molecule has 6 rings (SSSR count). The van der Waals surface area contributed by atoms with Crippen molar-refractivity contribution in [3.8, 4) is 0 Å². The van der Waals surface area contributed by atoms with Crippen LogP contribution in [0.2, 0.25) is 0 Å². The minimum atomic E-state index is 0.498. The van der Waals surface area contributed by atoms with Gasteiger partial charge in [0.1, 0.15) is 0 Å². The lowest BCUT2D eigenvalue weighted by molar-refractivity contribution is -0.0400. The number of aromatic nitrogens is 1. The summed E-state index contributed by atoms with van der Waals surface area (Å²) < 4.78 is 2.84. The van der Waals surface area contributed by atoms with Gasteiger partial charge in [0.25, 0.3) is 0 Å². The van der Waals surface area contributed by atoms with E-state index in [0.717, 1.165) is 0 Å². The molecule has 1 aromatic carbocycles. The largest absolute Gasteiger partial charge is 0.338 e. The quantitative estimate of drug-likeness (QED) is 0.732. The van der Waals surface area contributed by atoms with Crippen LogP contribution in [0.3, 0.4) is 0 Å². The zero-order valence-electron chi connectivity index (χ0n) is 17.5. The molecule has 0 amide bonds. The maximum Gasteiger partial charge on any atom is 0.0561 e. The van der Waals surface area contributed by atoms with Crippen LogP contribution in [0, 0.1) is 5.41 Å². The highest BCUT2D eigenvalue weighted by molar-refractivity contribution is 5.86. The molecule has 0 N–H and O–H groups in total. The second-order valence-electron chi connectivity index (χ2n) is 9.98. The second-order valence-corrected chi connectivity index (χ2v) is 9.98. The molecule has 3 nitrogen and oxygen atoms in total. The maximum absolute atomic E-state index is 2.86. The molecule has 0 radical (unpaired) electrons. The number of piperidine rings is 2. The molecule has 150 valence electrons. The van der Waals surface area contributed by atoms with Gasteiger partial charge in [0.2, 0.25) is 0 Å². The summed E-state index contributed by atoms with van der Waals surface area (Å²) in [6.45, 7) is 8.95. The Bertz CT molecular complexity index is 877. The Labute approximate surface area is 169 Å². The summed E-state index contributed by atoms with van der Waals surface area (Å²) in [7, 11) is 0. The number of para-hydroxylation sites is 1. The molecule has 1 unspecified atom stereocenters. The molecule has 5 heterocycles. The minimum Gasteiger partial charge on any atom is -0.338 e. The van der Waals surface area contributed by atoms with Crippen LogP contribution >= 0.6 is 0 Å². The maximum atomic E-state index is 2.86. The smallest absolute Gasteiger partial charge is 0.0561 e. The van der Waals surface area contributed by atoms with E-state index >= 15 is 0 Å². The SMILES string of the molecule is CC[C@]12CCCN3CCc4c(n(c5ccccc45)C(CN4CCCCC4)C1)[C@@H]32. The predicted molar refractivity (Wildman–Crippen MR) is 116 cm³/mol. The molecule has 2 fully saturated rings. The number of fused-ring (bicyclic) bond motifs is 3. The van der Waals surface area contributed by atoms with Crippen molar-refractivity contribution in [1.82, 2.24) is 14.4 Å². The summed E-state index contributed by atoms with van der Waals surface area (Å²) in [5.74, 6) is 0. The molecule has 0 bridgehead atoms. The van der Waals surface area contributed by atoms with Crippen molar-refractivity contribution in [3.63, 3.8) is 0 Å². The third-order valence-corrected chi connectivity index (χ3v) is 8.66. The van der Waals surface area contributed by atoms with E-state index < -0.39 is 0 Å². The number of hydrogen-bond acceptors (Lipinski definition) is 2. The van der Waals surface area contributed by atoms with Gasteiger partial charge in [-0.05, 0) is 81.6 Å². The lowest BCUT2D eigenvalue weighted by Gasteiger charge is -2.57. The van der Waals surface area contributed by atoms with E-state index in [-0.39, 0.29) is 0 Å². The van der Waals surface area contributed by atoms with Gasteiger partial charge in [-0.1, -0.05) is 31.5 Å². The van der Waals surface area contributed by atoms with Crippen LogP contribution in [0.1, 0.15) is 75.2 Å². The number of nitrogens with zero attached hydrogens (tertiary/aromatic N) is 3. The van der Waals surface area contributed by atoms with Crippen LogP contribution < -0.4 is 0 Å². The molecule has 4 aliphatic rings. The number of benzene rings is 1. The van der Waals surface area contributed by atoms with Crippen LogP contribution in [-0.2, 0) is 6.42 Å². The molecular weight excluding hydrogens is 342 g/mol. The van der Waals surface area contributed by atoms with Crippen molar-refractivity contribution in [2.45, 2.75) is 70.4 Å². The van der Waals surface area contributed by atoms with E-state index in [0.29, 0.717) is 17.5 Å². The molecule has 1 aromatic heterocycles. The minimum absolute atomic E-state index is 0.498. The van der Waals surface area contributed by atoms with E-state index in [9.17, 15) is 0 Å². The highest BCUT2D eigenvalue weighted by atomic mass is 15.3. The van der Waals surface area contributed by atoms with Gasteiger partial charge in [0, 0.05) is 35.7 Å². The van der Waals surface area contributed by atoms with Gasteiger partial charge in [-0.2, -0.15) is 0 Å². The average molecular weight is 378 g/mol. The highest BCUT2D eigenvalue weighted by Crippen LogP contribution is 2.59. The van der Waals surface area contributed by atoms with E-state index in [4.69, 9.17) is 0 Å². The summed E-state index contributed by atoms with van der Waals surface area (Å²) in [6, 6.07) is 10.6. The van der Waals surface area contributed by atoms with Gasteiger partial charge in [0.15, 0.2) is 0 Å². The van der Waals surface area contributed by atoms with Gasteiger partial charge in [-0.25, -0.2) is 0 Å². The molecule has 0 aliphatic carbocycles. The molecule has 0 spiro atoms. The van der Waals surface area contributed by atoms with Gasteiger partial charge < -0.3 is 9.47 Å². The topological polar surface area (TPSA) is 11.4 Å².